The van der Waals surface area contributed by atoms with Gasteiger partial charge in [-0.1, -0.05) is 29.8 Å². The summed E-state index contributed by atoms with van der Waals surface area (Å²) < 4.78 is 24.5. The Hall–Kier alpha value is -2.23. The number of benzene rings is 2. The molecule has 9 heteroatoms. The van der Waals surface area contributed by atoms with Crippen LogP contribution < -0.4 is 15.6 Å². The van der Waals surface area contributed by atoms with Gasteiger partial charge in [0.05, 0.1) is 4.90 Å². The Bertz CT molecular complexity index is 867. The van der Waals surface area contributed by atoms with Gasteiger partial charge in [-0.3, -0.25) is 15.0 Å². The number of aryl methyl sites for hydroxylation is 1. The summed E-state index contributed by atoms with van der Waals surface area (Å²) in [7, 11) is -4.01. The summed E-state index contributed by atoms with van der Waals surface area (Å²) in [5.41, 5.74) is 3.29. The molecular weight excluding hydrogens is 398 g/mol. The van der Waals surface area contributed by atoms with E-state index in [0.717, 1.165) is 5.56 Å². The molecule has 0 aliphatic heterocycles. The van der Waals surface area contributed by atoms with Crippen molar-refractivity contribution in [1.82, 2.24) is 10.3 Å². The van der Waals surface area contributed by atoms with Crippen LogP contribution in [-0.4, -0.2) is 20.2 Å². The molecule has 24 heavy (non-hydrogen) atoms. The van der Waals surface area contributed by atoms with Crippen LogP contribution in [0.5, 0.6) is 0 Å². The molecule has 0 atom stereocenters. The average Bonchev–Trinajstić information content (AvgIpc) is 2.55. The first kappa shape index (κ1) is 18.1. The third-order valence-electron chi connectivity index (χ3n) is 2.94. The topological polar surface area (TPSA) is 104 Å². The lowest BCUT2D eigenvalue weighted by Gasteiger charge is -2.10. The molecule has 126 valence electrons. The normalized spacial score (nSPS) is 10.9. The van der Waals surface area contributed by atoms with Crippen LogP contribution in [0.25, 0.3) is 0 Å². The Morgan fingerprint density at radius 2 is 1.58 bits per heavy atom. The Morgan fingerprint density at radius 3 is 2.21 bits per heavy atom. The van der Waals surface area contributed by atoms with Crippen molar-refractivity contribution in [3.05, 3.63) is 58.6 Å². The maximum absolute atomic E-state index is 12.1. The fourth-order valence-corrected chi connectivity index (χ4v) is 3.56. The molecule has 0 aliphatic rings. The number of rotatable bonds is 4. The molecule has 0 radical (unpaired) electrons. The van der Waals surface area contributed by atoms with E-state index in [1.165, 1.54) is 12.1 Å². The Kier molecular flexibility index (Phi) is 5.71. The zero-order chi connectivity index (χ0) is 17.7. The van der Waals surface area contributed by atoms with Crippen molar-refractivity contribution in [2.24, 2.45) is 0 Å². The van der Waals surface area contributed by atoms with Crippen LogP contribution in [0.1, 0.15) is 5.56 Å². The highest BCUT2D eigenvalue weighted by Crippen LogP contribution is 2.20. The molecule has 0 spiro atoms. The van der Waals surface area contributed by atoms with E-state index in [9.17, 15) is 18.0 Å². The number of carbonyl (C=O) groups excluding carboxylic acids is 2. The number of hydrazine groups is 1. The second kappa shape index (κ2) is 7.56. The van der Waals surface area contributed by atoms with Crippen molar-refractivity contribution in [1.29, 1.82) is 0 Å². The fourth-order valence-electron chi connectivity index (χ4n) is 1.71. The first-order chi connectivity index (χ1) is 11.3. The van der Waals surface area contributed by atoms with E-state index in [0.29, 0.717) is 10.2 Å². The van der Waals surface area contributed by atoms with Crippen LogP contribution in [0.2, 0.25) is 0 Å². The van der Waals surface area contributed by atoms with E-state index in [1.807, 2.05) is 17.2 Å². The molecule has 2 rings (SSSR count). The summed E-state index contributed by atoms with van der Waals surface area (Å²) in [6.45, 7) is 1.88. The average molecular weight is 412 g/mol. The molecular formula is C15H14BrN3O4S. The number of amides is 2. The predicted molar refractivity (Wildman–Crippen MR) is 92.4 cm³/mol. The number of hydrogen-bond donors (Lipinski definition) is 3. The lowest BCUT2D eigenvalue weighted by molar-refractivity contribution is -0.136. The summed E-state index contributed by atoms with van der Waals surface area (Å²) in [5.74, 6) is -2.13. The molecule has 0 saturated heterocycles. The first-order valence-electron chi connectivity index (χ1n) is 6.74. The van der Waals surface area contributed by atoms with Crippen LogP contribution in [0.4, 0.5) is 5.69 Å². The molecule has 3 N–H and O–H groups in total. The van der Waals surface area contributed by atoms with Gasteiger partial charge in [0.25, 0.3) is 10.0 Å². The monoisotopic (exact) mass is 411 g/mol. The van der Waals surface area contributed by atoms with Gasteiger partial charge in [0.2, 0.25) is 0 Å². The van der Waals surface area contributed by atoms with Gasteiger partial charge < -0.3 is 5.32 Å². The van der Waals surface area contributed by atoms with Crippen molar-refractivity contribution < 1.29 is 18.0 Å². The molecule has 0 aliphatic carbocycles. The van der Waals surface area contributed by atoms with Crippen LogP contribution >= 0.6 is 15.9 Å². The Balaban J connectivity index is 1.98. The smallest absolute Gasteiger partial charge is 0.318 e. The molecule has 2 amide bonds. The van der Waals surface area contributed by atoms with Crippen LogP contribution in [0.3, 0.4) is 0 Å². The minimum Gasteiger partial charge on any atom is -0.318 e. The third kappa shape index (κ3) is 4.63. The standard InChI is InChI=1S/C15H14BrN3O4S/c1-10-6-8-11(9-7-10)17-14(20)15(21)18-19-24(22,23)13-5-3-2-4-12(13)16/h2-9,19H,1H3,(H,17,20)(H,18,21). The number of nitrogens with one attached hydrogen (secondary N) is 3. The minimum atomic E-state index is -4.01. The molecule has 0 bridgehead atoms. The number of halogens is 1. The van der Waals surface area contributed by atoms with Gasteiger partial charge in [0.15, 0.2) is 0 Å². The molecule has 2 aromatic carbocycles. The Morgan fingerprint density at radius 1 is 0.958 bits per heavy atom. The van der Waals surface area contributed by atoms with Crippen molar-refractivity contribution in [3.63, 3.8) is 0 Å². The van der Waals surface area contributed by atoms with Crippen LogP contribution in [-0.2, 0) is 19.6 Å². The Labute approximate surface area is 147 Å². The van der Waals surface area contributed by atoms with Gasteiger partial charge in [-0.15, -0.1) is 4.83 Å². The van der Waals surface area contributed by atoms with Gasteiger partial charge in [-0.2, -0.15) is 0 Å². The number of hydrogen-bond acceptors (Lipinski definition) is 4. The maximum atomic E-state index is 12.1. The van der Waals surface area contributed by atoms with Gasteiger partial charge in [-0.05, 0) is 47.1 Å². The van der Waals surface area contributed by atoms with Crippen molar-refractivity contribution >= 4 is 43.5 Å². The summed E-state index contributed by atoms with van der Waals surface area (Å²) in [6, 6.07) is 12.9. The molecule has 2 aromatic rings. The molecule has 0 saturated carbocycles. The molecule has 0 fully saturated rings. The lowest BCUT2D eigenvalue weighted by atomic mass is 10.2. The quantitative estimate of drug-likeness (QED) is 0.525. The minimum absolute atomic E-state index is 0.0655. The highest BCUT2D eigenvalue weighted by Gasteiger charge is 2.20. The number of sulfonamides is 1. The van der Waals surface area contributed by atoms with Crippen molar-refractivity contribution in [2.75, 3.05) is 5.32 Å². The van der Waals surface area contributed by atoms with Gasteiger partial charge in [0.1, 0.15) is 0 Å². The highest BCUT2D eigenvalue weighted by atomic mass is 79.9. The van der Waals surface area contributed by atoms with E-state index in [1.54, 1.807) is 36.4 Å². The molecule has 0 aromatic heterocycles. The SMILES string of the molecule is Cc1ccc(NC(=O)C(=O)NNS(=O)(=O)c2ccccc2Br)cc1. The van der Waals surface area contributed by atoms with Crippen molar-refractivity contribution in [2.45, 2.75) is 11.8 Å². The van der Waals surface area contributed by atoms with E-state index in [2.05, 4.69) is 21.2 Å². The summed E-state index contributed by atoms with van der Waals surface area (Å²) >= 11 is 3.11. The molecule has 0 heterocycles. The van der Waals surface area contributed by atoms with E-state index in [4.69, 9.17) is 0 Å². The zero-order valence-electron chi connectivity index (χ0n) is 12.5. The van der Waals surface area contributed by atoms with Crippen LogP contribution in [0, 0.1) is 6.92 Å². The van der Waals surface area contributed by atoms with E-state index < -0.39 is 21.8 Å². The first-order valence-corrected chi connectivity index (χ1v) is 9.01. The van der Waals surface area contributed by atoms with Gasteiger partial charge in [-0.25, -0.2) is 8.42 Å². The molecule has 0 unspecified atom stereocenters. The summed E-state index contributed by atoms with van der Waals surface area (Å²) in [5, 5.41) is 2.36. The fraction of sp³-hybridized carbons (Fsp3) is 0.0667. The van der Waals surface area contributed by atoms with E-state index in [-0.39, 0.29) is 4.90 Å². The largest absolute Gasteiger partial charge is 0.324 e. The van der Waals surface area contributed by atoms with E-state index >= 15 is 0 Å². The number of carbonyl (C=O) groups is 2. The van der Waals surface area contributed by atoms with Crippen molar-refractivity contribution in [3.8, 4) is 0 Å². The zero-order valence-corrected chi connectivity index (χ0v) is 14.9. The maximum Gasteiger partial charge on any atom is 0.324 e. The van der Waals surface area contributed by atoms with Gasteiger partial charge in [0, 0.05) is 10.2 Å². The van der Waals surface area contributed by atoms with Crippen LogP contribution in [0.15, 0.2) is 57.9 Å². The lowest BCUT2D eigenvalue weighted by Crippen LogP contribution is -2.46. The second-order valence-corrected chi connectivity index (χ2v) is 7.32. The molecule has 7 nitrogen and oxygen atoms in total. The summed E-state index contributed by atoms with van der Waals surface area (Å²) in [4.78, 5) is 25.3. The predicted octanol–water partition coefficient (Wildman–Crippen LogP) is 1.71. The summed E-state index contributed by atoms with van der Waals surface area (Å²) in [6.07, 6.45) is 0. The second-order valence-electron chi connectivity index (χ2n) is 4.81. The third-order valence-corrected chi connectivity index (χ3v) is 5.20. The highest BCUT2D eigenvalue weighted by molar-refractivity contribution is 9.10. The van der Waals surface area contributed by atoms with Gasteiger partial charge >= 0.3 is 11.8 Å². The number of anilines is 1.